The van der Waals surface area contributed by atoms with Crippen molar-refractivity contribution in [3.63, 3.8) is 0 Å². The van der Waals surface area contributed by atoms with E-state index < -0.39 is 0 Å². The molecule has 0 unspecified atom stereocenters. The van der Waals surface area contributed by atoms with E-state index in [1.807, 2.05) is 35.5 Å². The fourth-order valence-electron chi connectivity index (χ4n) is 3.55. The molecule has 146 valence electrons. The molecule has 0 bridgehead atoms. The smallest absolute Gasteiger partial charge is 0.251 e. The van der Waals surface area contributed by atoms with E-state index in [-0.39, 0.29) is 23.4 Å². The van der Waals surface area contributed by atoms with Crippen LogP contribution in [0.5, 0.6) is 0 Å². The Morgan fingerprint density at radius 3 is 2.86 bits per heavy atom. The van der Waals surface area contributed by atoms with Gasteiger partial charge in [-0.1, -0.05) is 6.92 Å². The number of H-pyrrole nitrogens is 1. The fourth-order valence-corrected chi connectivity index (χ4v) is 3.55. The maximum Gasteiger partial charge on any atom is 0.251 e. The van der Waals surface area contributed by atoms with E-state index in [0.29, 0.717) is 18.5 Å². The number of rotatable bonds is 6. The van der Waals surface area contributed by atoms with Crippen LogP contribution in [-0.2, 0) is 20.0 Å². The van der Waals surface area contributed by atoms with Crippen molar-refractivity contribution in [3.05, 3.63) is 63.9 Å². The van der Waals surface area contributed by atoms with Gasteiger partial charge >= 0.3 is 0 Å². The zero-order valence-corrected chi connectivity index (χ0v) is 15.9. The van der Waals surface area contributed by atoms with Gasteiger partial charge in [-0.15, -0.1) is 10.2 Å². The first-order valence-electron chi connectivity index (χ1n) is 9.43. The van der Waals surface area contributed by atoms with Gasteiger partial charge in [-0.05, 0) is 31.4 Å². The molecule has 0 radical (unpaired) electrons. The van der Waals surface area contributed by atoms with Crippen LogP contribution in [0.1, 0.15) is 53.4 Å². The van der Waals surface area contributed by atoms with Crippen molar-refractivity contribution in [2.24, 2.45) is 7.05 Å². The molecule has 0 spiro atoms. The quantitative estimate of drug-likeness (QED) is 0.661. The molecule has 0 saturated heterocycles. The number of hydrogen-bond acceptors (Lipinski definition) is 5. The second-order valence-corrected chi connectivity index (χ2v) is 7.19. The second-order valence-electron chi connectivity index (χ2n) is 7.19. The highest BCUT2D eigenvalue weighted by atomic mass is 16.2. The lowest BCUT2D eigenvalue weighted by Gasteiger charge is -2.35. The Kier molecular flexibility index (Phi) is 4.81. The van der Waals surface area contributed by atoms with E-state index >= 15 is 0 Å². The van der Waals surface area contributed by atoms with Crippen molar-refractivity contribution in [3.8, 4) is 0 Å². The van der Waals surface area contributed by atoms with E-state index in [9.17, 15) is 9.59 Å². The van der Waals surface area contributed by atoms with Crippen molar-refractivity contribution in [2.45, 2.75) is 44.7 Å². The third kappa shape index (κ3) is 3.60. The molecule has 2 N–H and O–H groups in total. The molecule has 3 heterocycles. The standard InChI is InChI=1S/C19H23N7O2/c1-3-14-9-13(10-17(27)21-14)19(28)22-15-7-12(8-15)18-24-23-16(25(18)2)11-26-6-4-5-20-26/h4-6,9-10,12,15H,3,7-8,11H2,1-2H3,(H,21,27)(H,22,28). The Morgan fingerprint density at radius 1 is 1.32 bits per heavy atom. The molecule has 0 atom stereocenters. The zero-order chi connectivity index (χ0) is 19.7. The molecule has 0 aromatic carbocycles. The first-order chi connectivity index (χ1) is 13.5. The van der Waals surface area contributed by atoms with E-state index in [0.717, 1.165) is 30.2 Å². The Bertz CT molecular complexity index is 1030. The summed E-state index contributed by atoms with van der Waals surface area (Å²) in [5.41, 5.74) is 0.914. The summed E-state index contributed by atoms with van der Waals surface area (Å²) >= 11 is 0. The second kappa shape index (κ2) is 7.41. The Hall–Kier alpha value is -3.23. The van der Waals surface area contributed by atoms with Crippen LogP contribution < -0.4 is 10.9 Å². The summed E-state index contributed by atoms with van der Waals surface area (Å²) in [4.78, 5) is 26.9. The van der Waals surface area contributed by atoms with Gasteiger partial charge < -0.3 is 14.9 Å². The van der Waals surface area contributed by atoms with Crippen molar-refractivity contribution < 1.29 is 4.79 Å². The molecule has 1 saturated carbocycles. The summed E-state index contributed by atoms with van der Waals surface area (Å²) in [5, 5.41) is 15.8. The molecule has 1 aliphatic carbocycles. The van der Waals surface area contributed by atoms with Crippen LogP contribution in [0.15, 0.2) is 35.4 Å². The van der Waals surface area contributed by atoms with Gasteiger partial charge in [0.2, 0.25) is 5.56 Å². The van der Waals surface area contributed by atoms with Gasteiger partial charge in [-0.2, -0.15) is 5.10 Å². The van der Waals surface area contributed by atoms with Crippen LogP contribution in [0, 0.1) is 0 Å². The number of aryl methyl sites for hydroxylation is 1. The average Bonchev–Trinajstić information content (AvgIpc) is 3.28. The van der Waals surface area contributed by atoms with Gasteiger partial charge in [-0.3, -0.25) is 14.3 Å². The molecule has 28 heavy (non-hydrogen) atoms. The Balaban J connectivity index is 1.36. The summed E-state index contributed by atoms with van der Waals surface area (Å²) in [6.45, 7) is 2.51. The molecule has 4 rings (SSSR count). The van der Waals surface area contributed by atoms with E-state index in [1.54, 1.807) is 12.3 Å². The van der Waals surface area contributed by atoms with Gasteiger partial charge in [0.1, 0.15) is 12.4 Å². The molecule has 9 heteroatoms. The molecule has 3 aromatic rings. The minimum Gasteiger partial charge on any atom is -0.349 e. The molecule has 1 amide bonds. The van der Waals surface area contributed by atoms with Crippen LogP contribution in [0.25, 0.3) is 0 Å². The summed E-state index contributed by atoms with van der Waals surface area (Å²) in [6, 6.07) is 5.03. The van der Waals surface area contributed by atoms with E-state index in [1.165, 1.54) is 6.07 Å². The highest BCUT2D eigenvalue weighted by Crippen LogP contribution is 2.36. The average molecular weight is 381 g/mol. The molecule has 1 fully saturated rings. The third-order valence-electron chi connectivity index (χ3n) is 5.24. The van der Waals surface area contributed by atoms with Crippen molar-refractivity contribution in [1.29, 1.82) is 0 Å². The lowest BCUT2D eigenvalue weighted by molar-refractivity contribution is 0.0906. The Morgan fingerprint density at radius 2 is 2.14 bits per heavy atom. The van der Waals surface area contributed by atoms with Gasteiger partial charge in [-0.25, -0.2) is 0 Å². The summed E-state index contributed by atoms with van der Waals surface area (Å²) in [6.07, 6.45) is 5.92. The number of hydrogen-bond donors (Lipinski definition) is 2. The van der Waals surface area contributed by atoms with Crippen LogP contribution in [0.4, 0.5) is 0 Å². The van der Waals surface area contributed by atoms with E-state index in [2.05, 4.69) is 25.6 Å². The van der Waals surface area contributed by atoms with Gasteiger partial charge in [0, 0.05) is 48.7 Å². The van der Waals surface area contributed by atoms with Crippen LogP contribution >= 0.6 is 0 Å². The maximum atomic E-state index is 12.5. The SMILES string of the molecule is CCc1cc(C(=O)NC2CC(c3nnc(Cn4cccn4)n3C)C2)cc(=O)[nH]1. The van der Waals surface area contributed by atoms with Crippen LogP contribution in [0.2, 0.25) is 0 Å². The monoisotopic (exact) mass is 381 g/mol. The number of nitrogens with one attached hydrogen (secondary N) is 2. The number of aromatic amines is 1. The highest BCUT2D eigenvalue weighted by molar-refractivity contribution is 5.94. The van der Waals surface area contributed by atoms with Crippen molar-refractivity contribution in [2.75, 3.05) is 0 Å². The fraction of sp³-hybridized carbons (Fsp3) is 0.421. The van der Waals surface area contributed by atoms with E-state index in [4.69, 9.17) is 0 Å². The van der Waals surface area contributed by atoms with Gasteiger partial charge in [0.15, 0.2) is 5.82 Å². The predicted molar refractivity (Wildman–Crippen MR) is 102 cm³/mol. The molecular formula is C19H23N7O2. The van der Waals surface area contributed by atoms with Crippen LogP contribution in [0.3, 0.4) is 0 Å². The third-order valence-corrected chi connectivity index (χ3v) is 5.24. The minimum absolute atomic E-state index is 0.0770. The van der Waals surface area contributed by atoms with Gasteiger partial charge in [0.05, 0.1) is 0 Å². The number of carbonyl (C=O) groups is 1. The molecule has 9 nitrogen and oxygen atoms in total. The summed E-state index contributed by atoms with van der Waals surface area (Å²) < 4.78 is 3.82. The summed E-state index contributed by atoms with van der Waals surface area (Å²) in [7, 11) is 1.96. The van der Waals surface area contributed by atoms with Crippen molar-refractivity contribution >= 4 is 5.91 Å². The lowest BCUT2D eigenvalue weighted by atomic mass is 9.79. The first-order valence-corrected chi connectivity index (χ1v) is 9.43. The summed E-state index contributed by atoms with van der Waals surface area (Å²) in [5.74, 6) is 1.83. The largest absolute Gasteiger partial charge is 0.349 e. The maximum absolute atomic E-state index is 12.5. The van der Waals surface area contributed by atoms with Gasteiger partial charge in [0.25, 0.3) is 5.91 Å². The molecular weight excluding hydrogens is 358 g/mol. The highest BCUT2D eigenvalue weighted by Gasteiger charge is 2.35. The number of pyridine rings is 1. The molecule has 0 aliphatic heterocycles. The van der Waals surface area contributed by atoms with Crippen molar-refractivity contribution in [1.82, 2.24) is 34.8 Å². The number of aromatic nitrogens is 6. The first kappa shape index (κ1) is 18.1. The lowest BCUT2D eigenvalue weighted by Crippen LogP contribution is -2.44. The molecule has 3 aromatic heterocycles. The minimum atomic E-state index is -0.250. The number of carbonyl (C=O) groups excluding carboxylic acids is 1. The number of amides is 1. The van der Waals surface area contributed by atoms with Crippen LogP contribution in [-0.4, -0.2) is 41.5 Å². The topological polar surface area (TPSA) is 110 Å². The normalized spacial score (nSPS) is 18.6. The molecule has 1 aliphatic rings. The zero-order valence-electron chi connectivity index (χ0n) is 15.9. The Labute approximate surface area is 161 Å². The predicted octanol–water partition coefficient (Wildman–Crippen LogP) is 0.987. The number of nitrogens with zero attached hydrogens (tertiary/aromatic N) is 5.